The number of amides is 1. The number of aromatic nitrogens is 3. The Morgan fingerprint density at radius 3 is 2.72 bits per heavy atom. The second kappa shape index (κ2) is 8.94. The zero-order chi connectivity index (χ0) is 24.1. The SMILES string of the molecule is O=C(O[C@H]1CO[C@H]2OCC[C@H]21)N1CCN(c2ccn3ncc(-c4ccccc4OC4CC4)c3n2)CC1. The monoisotopic (exact) mass is 491 g/mol. The molecule has 0 unspecified atom stereocenters. The molecule has 0 bridgehead atoms. The lowest BCUT2D eigenvalue weighted by atomic mass is 10.0. The largest absolute Gasteiger partial charge is 0.490 e. The highest BCUT2D eigenvalue weighted by Crippen LogP contribution is 2.37. The van der Waals surface area contributed by atoms with Gasteiger partial charge in [-0.2, -0.15) is 5.10 Å². The Morgan fingerprint density at radius 1 is 1.00 bits per heavy atom. The van der Waals surface area contributed by atoms with Gasteiger partial charge in [-0.15, -0.1) is 0 Å². The molecule has 10 nitrogen and oxygen atoms in total. The summed E-state index contributed by atoms with van der Waals surface area (Å²) in [5.74, 6) is 1.89. The van der Waals surface area contributed by atoms with Crippen molar-refractivity contribution < 1.29 is 23.7 Å². The first kappa shape index (κ1) is 21.9. The van der Waals surface area contributed by atoms with E-state index in [1.54, 1.807) is 9.42 Å². The van der Waals surface area contributed by atoms with Crippen molar-refractivity contribution in [1.29, 1.82) is 0 Å². The topological polar surface area (TPSA) is 90.7 Å². The fourth-order valence-corrected chi connectivity index (χ4v) is 5.25. The number of benzene rings is 1. The van der Waals surface area contributed by atoms with Gasteiger partial charge in [0.15, 0.2) is 11.9 Å². The fourth-order valence-electron chi connectivity index (χ4n) is 5.25. The number of fused-ring (bicyclic) bond motifs is 2. The molecule has 7 rings (SSSR count). The Balaban J connectivity index is 1.04. The van der Waals surface area contributed by atoms with Gasteiger partial charge >= 0.3 is 6.09 Å². The minimum absolute atomic E-state index is 0.149. The molecular weight excluding hydrogens is 462 g/mol. The maximum atomic E-state index is 12.8. The Morgan fingerprint density at radius 2 is 1.86 bits per heavy atom. The smallest absolute Gasteiger partial charge is 0.410 e. The number of ether oxygens (including phenoxy) is 4. The summed E-state index contributed by atoms with van der Waals surface area (Å²) in [5, 5.41) is 4.52. The minimum atomic E-state index is -0.274. The van der Waals surface area contributed by atoms with Crippen LogP contribution in [0.4, 0.5) is 10.6 Å². The molecule has 1 aliphatic carbocycles. The first-order chi connectivity index (χ1) is 17.7. The van der Waals surface area contributed by atoms with Crippen molar-refractivity contribution in [2.45, 2.75) is 37.8 Å². The zero-order valence-electron chi connectivity index (χ0n) is 20.0. The summed E-state index contributed by atoms with van der Waals surface area (Å²) in [5.41, 5.74) is 2.74. The van der Waals surface area contributed by atoms with Crippen molar-refractivity contribution in [3.05, 3.63) is 42.7 Å². The van der Waals surface area contributed by atoms with Crippen molar-refractivity contribution in [1.82, 2.24) is 19.5 Å². The highest BCUT2D eigenvalue weighted by Gasteiger charge is 2.44. The molecule has 1 saturated carbocycles. The van der Waals surface area contributed by atoms with Crippen LogP contribution < -0.4 is 9.64 Å². The van der Waals surface area contributed by atoms with Crippen molar-refractivity contribution >= 4 is 17.6 Å². The van der Waals surface area contributed by atoms with Crippen molar-refractivity contribution in [2.24, 2.45) is 5.92 Å². The van der Waals surface area contributed by atoms with Crippen molar-refractivity contribution in [2.75, 3.05) is 44.3 Å². The second-order valence-corrected chi connectivity index (χ2v) is 9.85. The normalized spacial score (nSPS) is 25.8. The van der Waals surface area contributed by atoms with E-state index in [9.17, 15) is 4.79 Å². The van der Waals surface area contributed by atoms with E-state index >= 15 is 0 Å². The lowest BCUT2D eigenvalue weighted by Crippen LogP contribution is -2.50. The summed E-state index contributed by atoms with van der Waals surface area (Å²) in [6, 6.07) is 10.0. The third kappa shape index (κ3) is 4.04. The molecule has 36 heavy (non-hydrogen) atoms. The van der Waals surface area contributed by atoms with Gasteiger partial charge in [-0.1, -0.05) is 18.2 Å². The number of carbonyl (C=O) groups excluding carboxylic acids is 1. The van der Waals surface area contributed by atoms with E-state index in [1.807, 2.05) is 36.7 Å². The number of piperazine rings is 1. The molecule has 3 saturated heterocycles. The summed E-state index contributed by atoms with van der Waals surface area (Å²) in [6.07, 6.45) is 6.47. The summed E-state index contributed by atoms with van der Waals surface area (Å²) < 4.78 is 24.9. The summed E-state index contributed by atoms with van der Waals surface area (Å²) in [4.78, 5) is 21.7. The molecule has 1 aromatic carbocycles. The van der Waals surface area contributed by atoms with Gasteiger partial charge in [0, 0.05) is 37.9 Å². The van der Waals surface area contributed by atoms with Crippen LogP contribution in [0.1, 0.15) is 19.3 Å². The summed E-state index contributed by atoms with van der Waals surface area (Å²) >= 11 is 0. The summed E-state index contributed by atoms with van der Waals surface area (Å²) in [6.45, 7) is 3.59. The molecule has 3 aromatic rings. The standard InChI is InChI=1S/C26H29N5O5/c32-26(36-22-16-34-25-19(22)8-14-33-25)30-12-10-29(11-13-30)23-7-9-31-24(28-23)20(15-27-31)18-3-1-2-4-21(18)35-17-5-6-17/h1-4,7,9,15,17,19,22,25H,5-6,8,10-14,16H2/t19-,22-,25+/m0/s1. The quantitative estimate of drug-likeness (QED) is 0.538. The predicted octanol–water partition coefficient (Wildman–Crippen LogP) is 2.96. The van der Waals surface area contributed by atoms with E-state index in [0.29, 0.717) is 45.5 Å². The van der Waals surface area contributed by atoms with Gasteiger partial charge in [0.2, 0.25) is 0 Å². The number of hydrogen-bond donors (Lipinski definition) is 0. The first-order valence-corrected chi connectivity index (χ1v) is 12.8. The van der Waals surface area contributed by atoms with Gasteiger partial charge in [-0.25, -0.2) is 14.3 Å². The third-order valence-corrected chi connectivity index (χ3v) is 7.45. The molecule has 2 aromatic heterocycles. The molecule has 3 aliphatic heterocycles. The Labute approximate surface area is 208 Å². The fraction of sp³-hybridized carbons (Fsp3) is 0.500. The van der Waals surface area contributed by atoms with Crippen LogP contribution >= 0.6 is 0 Å². The molecule has 4 aliphatic rings. The number of hydrogen-bond acceptors (Lipinski definition) is 8. The first-order valence-electron chi connectivity index (χ1n) is 12.8. The number of anilines is 1. The number of carbonyl (C=O) groups is 1. The Bertz CT molecular complexity index is 1270. The van der Waals surface area contributed by atoms with Gasteiger partial charge < -0.3 is 28.7 Å². The van der Waals surface area contributed by atoms with E-state index in [1.165, 1.54) is 0 Å². The Hall–Kier alpha value is -3.37. The molecule has 5 heterocycles. The van der Waals surface area contributed by atoms with Gasteiger partial charge in [-0.05, 0) is 31.4 Å². The average molecular weight is 492 g/mol. The van der Waals surface area contributed by atoms with Crippen LogP contribution in [0.15, 0.2) is 42.7 Å². The van der Waals surface area contributed by atoms with E-state index < -0.39 is 0 Å². The lowest BCUT2D eigenvalue weighted by Gasteiger charge is -2.35. The summed E-state index contributed by atoms with van der Waals surface area (Å²) in [7, 11) is 0. The second-order valence-electron chi connectivity index (χ2n) is 9.85. The van der Waals surface area contributed by atoms with Gasteiger partial charge in [0.05, 0.1) is 37.0 Å². The van der Waals surface area contributed by atoms with E-state index in [2.05, 4.69) is 16.1 Å². The molecule has 0 N–H and O–H groups in total. The van der Waals surface area contributed by atoms with Crippen molar-refractivity contribution in [3.63, 3.8) is 0 Å². The van der Waals surface area contributed by atoms with Gasteiger partial charge in [0.25, 0.3) is 0 Å². The van der Waals surface area contributed by atoms with Crippen LogP contribution in [-0.2, 0) is 14.2 Å². The maximum Gasteiger partial charge on any atom is 0.410 e. The molecule has 4 fully saturated rings. The van der Waals surface area contributed by atoms with Crippen LogP contribution in [-0.4, -0.2) is 83.5 Å². The number of rotatable bonds is 5. The molecule has 188 valence electrons. The molecule has 0 spiro atoms. The van der Waals surface area contributed by atoms with E-state index in [0.717, 1.165) is 47.6 Å². The lowest BCUT2D eigenvalue weighted by molar-refractivity contribution is -0.0907. The van der Waals surface area contributed by atoms with Crippen molar-refractivity contribution in [3.8, 4) is 16.9 Å². The molecule has 0 radical (unpaired) electrons. The van der Waals surface area contributed by atoms with Crippen LogP contribution in [0.5, 0.6) is 5.75 Å². The third-order valence-electron chi connectivity index (χ3n) is 7.45. The van der Waals surface area contributed by atoms with E-state index in [4.69, 9.17) is 23.9 Å². The highest BCUT2D eigenvalue weighted by molar-refractivity contribution is 5.81. The molecule has 1 amide bonds. The van der Waals surface area contributed by atoms with Gasteiger partial charge in [-0.3, -0.25) is 0 Å². The zero-order valence-corrected chi connectivity index (χ0v) is 20.0. The highest BCUT2D eigenvalue weighted by atomic mass is 16.7. The Kier molecular flexibility index (Phi) is 5.43. The van der Waals surface area contributed by atoms with E-state index in [-0.39, 0.29) is 24.4 Å². The van der Waals surface area contributed by atoms with Crippen LogP contribution in [0, 0.1) is 5.92 Å². The minimum Gasteiger partial charge on any atom is -0.490 e. The van der Waals surface area contributed by atoms with Crippen LogP contribution in [0.25, 0.3) is 16.8 Å². The average Bonchev–Trinajstić information content (AvgIpc) is 3.28. The molecule has 3 atom stereocenters. The maximum absolute atomic E-state index is 12.8. The number of nitrogens with zero attached hydrogens (tertiary/aromatic N) is 5. The van der Waals surface area contributed by atoms with Crippen LogP contribution in [0.3, 0.4) is 0 Å². The molecule has 10 heteroatoms. The molecular formula is C26H29N5O5. The van der Waals surface area contributed by atoms with Crippen LogP contribution in [0.2, 0.25) is 0 Å². The number of para-hydroxylation sites is 1. The predicted molar refractivity (Wildman–Crippen MR) is 130 cm³/mol. The van der Waals surface area contributed by atoms with Gasteiger partial charge in [0.1, 0.15) is 17.7 Å².